The number of hydrogen-bond acceptors (Lipinski definition) is 1. The van der Waals surface area contributed by atoms with Gasteiger partial charge in [-0.25, -0.2) is 4.79 Å². The monoisotopic (exact) mass is 247 g/mol. The lowest BCUT2D eigenvalue weighted by Crippen LogP contribution is -2.09. The molecule has 0 saturated carbocycles. The minimum atomic E-state index is -0.995. The lowest BCUT2D eigenvalue weighted by molar-refractivity contribution is 0.0685. The molecule has 0 aliphatic carbocycles. The molecule has 0 aliphatic rings. The number of aromatic nitrogens is 1. The fourth-order valence-corrected chi connectivity index (χ4v) is 2.34. The molecule has 1 aromatic carbocycles. The third-order valence-electron chi connectivity index (χ3n) is 2.74. The van der Waals surface area contributed by atoms with Crippen LogP contribution in [0, 0.1) is 19.3 Å². The first-order valence-corrected chi connectivity index (χ1v) is 5.39. The Bertz CT molecular complexity index is 649. The van der Waals surface area contributed by atoms with Gasteiger partial charge in [0.05, 0.1) is 17.1 Å². The van der Waals surface area contributed by atoms with Crippen LogP contribution in [0.1, 0.15) is 16.1 Å². The van der Waals surface area contributed by atoms with Crippen molar-refractivity contribution in [3.05, 3.63) is 34.5 Å². The minimum absolute atomic E-state index is 0.190. The molecule has 1 aromatic heterocycles. The molecule has 0 fully saturated rings. The molecule has 0 unspecified atom stereocenters. The Morgan fingerprint density at radius 2 is 2.29 bits per heavy atom. The minimum Gasteiger partial charge on any atom is -0.477 e. The highest BCUT2D eigenvalue weighted by molar-refractivity contribution is 6.35. The van der Waals surface area contributed by atoms with Crippen LogP contribution in [0.5, 0.6) is 0 Å². The molecular weight excluding hydrogens is 238 g/mol. The van der Waals surface area contributed by atoms with Crippen molar-refractivity contribution < 1.29 is 9.90 Å². The molecule has 0 spiro atoms. The van der Waals surface area contributed by atoms with Crippen molar-refractivity contribution in [1.29, 1.82) is 0 Å². The van der Waals surface area contributed by atoms with Gasteiger partial charge < -0.3 is 9.67 Å². The first-order valence-electron chi connectivity index (χ1n) is 5.02. The molecule has 0 aliphatic heterocycles. The largest absolute Gasteiger partial charge is 0.477 e. The van der Waals surface area contributed by atoms with Gasteiger partial charge in [-0.1, -0.05) is 29.7 Å². The second-order valence-electron chi connectivity index (χ2n) is 3.71. The maximum Gasteiger partial charge on any atom is 0.352 e. The topological polar surface area (TPSA) is 42.2 Å². The van der Waals surface area contributed by atoms with E-state index in [2.05, 4.69) is 5.92 Å². The number of rotatable bonds is 2. The number of fused-ring (bicyclic) bond motifs is 1. The second-order valence-corrected chi connectivity index (χ2v) is 4.11. The van der Waals surface area contributed by atoms with E-state index in [1.54, 1.807) is 23.6 Å². The maximum absolute atomic E-state index is 11.3. The van der Waals surface area contributed by atoms with Crippen LogP contribution in [-0.4, -0.2) is 15.6 Å². The standard InChI is InChI=1S/C13H10ClNO2/c1-3-7-15-11(13(16)17)8(2)9-5-4-6-10(14)12(9)15/h1,4-6H,7H2,2H3,(H,16,17). The fourth-order valence-electron chi connectivity index (χ4n) is 2.06. The average molecular weight is 248 g/mol. The molecule has 0 atom stereocenters. The zero-order valence-electron chi connectivity index (χ0n) is 9.20. The summed E-state index contributed by atoms with van der Waals surface area (Å²) in [5.41, 5.74) is 1.57. The number of carbonyl (C=O) groups is 1. The number of benzene rings is 1. The number of terminal acetylenes is 1. The Balaban J connectivity index is 2.95. The number of aromatic carboxylic acids is 1. The molecule has 17 heavy (non-hydrogen) atoms. The van der Waals surface area contributed by atoms with Gasteiger partial charge in [0.25, 0.3) is 0 Å². The summed E-state index contributed by atoms with van der Waals surface area (Å²) in [6, 6.07) is 5.36. The molecule has 1 heterocycles. The quantitative estimate of drug-likeness (QED) is 0.829. The first kappa shape index (κ1) is 11.6. The molecule has 4 heteroatoms. The van der Waals surface area contributed by atoms with Crippen molar-refractivity contribution in [3.8, 4) is 12.3 Å². The van der Waals surface area contributed by atoms with Crippen LogP contribution in [-0.2, 0) is 6.54 Å². The molecule has 86 valence electrons. The Labute approximate surface area is 104 Å². The zero-order valence-corrected chi connectivity index (χ0v) is 9.95. The van der Waals surface area contributed by atoms with E-state index in [-0.39, 0.29) is 12.2 Å². The molecule has 1 N–H and O–H groups in total. The van der Waals surface area contributed by atoms with Gasteiger partial charge >= 0.3 is 5.97 Å². The number of nitrogens with zero attached hydrogens (tertiary/aromatic N) is 1. The predicted molar refractivity (Wildman–Crippen MR) is 67.5 cm³/mol. The molecule has 0 bridgehead atoms. The van der Waals surface area contributed by atoms with Gasteiger partial charge in [0.1, 0.15) is 5.69 Å². The van der Waals surface area contributed by atoms with Crippen LogP contribution in [0.2, 0.25) is 5.02 Å². The lowest BCUT2D eigenvalue weighted by Gasteiger charge is -2.04. The fraction of sp³-hybridized carbons (Fsp3) is 0.154. The van der Waals surface area contributed by atoms with E-state index in [4.69, 9.17) is 18.0 Å². The summed E-state index contributed by atoms with van der Waals surface area (Å²) in [7, 11) is 0. The van der Waals surface area contributed by atoms with Gasteiger partial charge in [0.15, 0.2) is 0 Å². The number of hydrogen-bond donors (Lipinski definition) is 1. The Kier molecular flexibility index (Phi) is 2.83. The van der Waals surface area contributed by atoms with Crippen LogP contribution in [0.3, 0.4) is 0 Å². The van der Waals surface area contributed by atoms with E-state index < -0.39 is 5.97 Å². The molecule has 0 amide bonds. The van der Waals surface area contributed by atoms with Crippen LogP contribution in [0.15, 0.2) is 18.2 Å². The number of para-hydroxylation sites is 1. The summed E-state index contributed by atoms with van der Waals surface area (Å²) in [6.07, 6.45) is 5.27. The normalized spacial score (nSPS) is 10.4. The van der Waals surface area contributed by atoms with Crippen LogP contribution < -0.4 is 0 Å². The van der Waals surface area contributed by atoms with Crippen molar-refractivity contribution in [2.45, 2.75) is 13.5 Å². The van der Waals surface area contributed by atoms with Crippen molar-refractivity contribution in [2.24, 2.45) is 0 Å². The van der Waals surface area contributed by atoms with E-state index in [0.29, 0.717) is 16.1 Å². The second kappa shape index (κ2) is 4.15. The van der Waals surface area contributed by atoms with Crippen LogP contribution in [0.4, 0.5) is 0 Å². The summed E-state index contributed by atoms with van der Waals surface area (Å²) >= 11 is 6.11. The number of carboxylic acids is 1. The Morgan fingerprint density at radius 3 is 2.88 bits per heavy atom. The highest BCUT2D eigenvalue weighted by atomic mass is 35.5. The van der Waals surface area contributed by atoms with E-state index in [1.807, 2.05) is 6.07 Å². The van der Waals surface area contributed by atoms with Gasteiger partial charge in [0, 0.05) is 5.39 Å². The Hall–Kier alpha value is -1.92. The predicted octanol–water partition coefficient (Wildman–Crippen LogP) is 2.93. The van der Waals surface area contributed by atoms with Crippen molar-refractivity contribution in [1.82, 2.24) is 4.57 Å². The molecule has 0 saturated heterocycles. The van der Waals surface area contributed by atoms with Crippen LogP contribution in [0.25, 0.3) is 10.9 Å². The van der Waals surface area contributed by atoms with E-state index in [1.165, 1.54) is 0 Å². The third kappa shape index (κ3) is 1.67. The van der Waals surface area contributed by atoms with E-state index in [9.17, 15) is 9.90 Å². The third-order valence-corrected chi connectivity index (χ3v) is 3.04. The summed E-state index contributed by atoms with van der Waals surface area (Å²) in [6.45, 7) is 1.95. The number of carboxylic acid groups (broad SMARTS) is 1. The molecule has 2 aromatic rings. The highest BCUT2D eigenvalue weighted by Gasteiger charge is 2.20. The average Bonchev–Trinajstić information content (AvgIpc) is 2.54. The number of aryl methyl sites for hydroxylation is 1. The molecule has 0 radical (unpaired) electrons. The van der Waals surface area contributed by atoms with Gasteiger partial charge in [-0.3, -0.25) is 0 Å². The van der Waals surface area contributed by atoms with Gasteiger partial charge in [-0.2, -0.15) is 0 Å². The lowest BCUT2D eigenvalue weighted by atomic mass is 10.1. The summed E-state index contributed by atoms with van der Waals surface area (Å²) in [5, 5.41) is 10.6. The summed E-state index contributed by atoms with van der Waals surface area (Å²) < 4.78 is 1.56. The summed E-state index contributed by atoms with van der Waals surface area (Å²) in [5.74, 6) is 1.46. The van der Waals surface area contributed by atoms with Crippen molar-refractivity contribution >= 4 is 28.5 Å². The zero-order chi connectivity index (χ0) is 12.6. The van der Waals surface area contributed by atoms with E-state index >= 15 is 0 Å². The smallest absolute Gasteiger partial charge is 0.352 e. The van der Waals surface area contributed by atoms with E-state index in [0.717, 1.165) is 5.39 Å². The van der Waals surface area contributed by atoms with Crippen LogP contribution >= 0.6 is 11.6 Å². The Morgan fingerprint density at radius 1 is 1.59 bits per heavy atom. The van der Waals surface area contributed by atoms with Crippen molar-refractivity contribution in [3.63, 3.8) is 0 Å². The number of halogens is 1. The molecule has 3 nitrogen and oxygen atoms in total. The van der Waals surface area contributed by atoms with Gasteiger partial charge in [-0.15, -0.1) is 6.42 Å². The SMILES string of the molecule is C#CCn1c(C(=O)O)c(C)c2cccc(Cl)c21. The summed E-state index contributed by atoms with van der Waals surface area (Å²) in [4.78, 5) is 11.3. The van der Waals surface area contributed by atoms with Gasteiger partial charge in [-0.05, 0) is 18.6 Å². The molecular formula is C13H10ClNO2. The van der Waals surface area contributed by atoms with Crippen molar-refractivity contribution in [2.75, 3.05) is 0 Å². The first-order chi connectivity index (χ1) is 8.07. The molecule has 2 rings (SSSR count). The maximum atomic E-state index is 11.3. The highest BCUT2D eigenvalue weighted by Crippen LogP contribution is 2.30. The van der Waals surface area contributed by atoms with Gasteiger partial charge in [0.2, 0.25) is 0 Å².